The molecule has 0 fully saturated rings. The van der Waals surface area contributed by atoms with Crippen LogP contribution in [0.1, 0.15) is 11.1 Å². The van der Waals surface area contributed by atoms with Gasteiger partial charge < -0.3 is 10.2 Å². The third kappa shape index (κ3) is 3.55. The first-order valence-electron chi connectivity index (χ1n) is 6.25. The lowest BCUT2D eigenvalue weighted by molar-refractivity contribution is 0.795. The predicted molar refractivity (Wildman–Crippen MR) is 83.2 cm³/mol. The first-order chi connectivity index (χ1) is 9.22. The summed E-state index contributed by atoms with van der Waals surface area (Å²) in [5.74, 6) is 1.02. The third-order valence-corrected chi connectivity index (χ3v) is 3.74. The van der Waals surface area contributed by atoms with E-state index in [1.54, 1.807) is 0 Å². The third-order valence-electron chi connectivity index (χ3n) is 2.96. The second kappa shape index (κ2) is 6.68. The summed E-state index contributed by atoms with van der Waals surface area (Å²) in [6.45, 7) is 1.65. The number of halogens is 1. The van der Waals surface area contributed by atoms with Crippen LogP contribution < -0.4 is 10.2 Å². The van der Waals surface area contributed by atoms with E-state index in [0.29, 0.717) is 0 Å². The van der Waals surface area contributed by atoms with Crippen molar-refractivity contribution in [2.45, 2.75) is 13.1 Å². The Bertz CT molecular complexity index is 542. The zero-order valence-corrected chi connectivity index (χ0v) is 12.8. The molecule has 4 heteroatoms. The molecule has 0 aliphatic rings. The Kier molecular flexibility index (Phi) is 4.93. The van der Waals surface area contributed by atoms with Gasteiger partial charge in [0.2, 0.25) is 0 Å². The van der Waals surface area contributed by atoms with Crippen LogP contribution in [0.3, 0.4) is 0 Å². The molecule has 3 nitrogen and oxygen atoms in total. The molecule has 0 aliphatic heterocycles. The second-order valence-corrected chi connectivity index (χ2v) is 5.32. The molecule has 1 heterocycles. The van der Waals surface area contributed by atoms with Gasteiger partial charge in [0.1, 0.15) is 5.82 Å². The molecular formula is C15H18BrN3. The maximum atomic E-state index is 4.49. The van der Waals surface area contributed by atoms with Crippen molar-refractivity contribution in [2.75, 3.05) is 19.0 Å². The molecule has 0 radical (unpaired) electrons. The summed E-state index contributed by atoms with van der Waals surface area (Å²) >= 11 is 3.59. The van der Waals surface area contributed by atoms with Gasteiger partial charge in [0.15, 0.2) is 0 Å². The van der Waals surface area contributed by atoms with Crippen LogP contribution in [0.25, 0.3) is 0 Å². The van der Waals surface area contributed by atoms with Crippen LogP contribution in [0.4, 0.5) is 5.82 Å². The molecule has 2 aromatic rings. The molecule has 0 unspecified atom stereocenters. The molecule has 0 spiro atoms. The van der Waals surface area contributed by atoms with E-state index in [-0.39, 0.29) is 0 Å². The van der Waals surface area contributed by atoms with Crippen LogP contribution in [-0.2, 0) is 13.1 Å². The van der Waals surface area contributed by atoms with Crippen molar-refractivity contribution >= 4 is 21.7 Å². The monoisotopic (exact) mass is 319 g/mol. The van der Waals surface area contributed by atoms with Gasteiger partial charge in [0.05, 0.1) is 0 Å². The van der Waals surface area contributed by atoms with E-state index in [0.717, 1.165) is 23.4 Å². The maximum Gasteiger partial charge on any atom is 0.133 e. The molecule has 0 aliphatic carbocycles. The lowest BCUT2D eigenvalue weighted by atomic mass is 10.2. The van der Waals surface area contributed by atoms with Gasteiger partial charge in [-0.2, -0.15) is 0 Å². The minimum Gasteiger partial charge on any atom is -0.355 e. The smallest absolute Gasteiger partial charge is 0.133 e. The van der Waals surface area contributed by atoms with Gasteiger partial charge in [-0.25, -0.2) is 4.98 Å². The fraction of sp³-hybridized carbons (Fsp3) is 0.267. The fourth-order valence-corrected chi connectivity index (χ4v) is 2.47. The molecule has 0 bridgehead atoms. The highest BCUT2D eigenvalue weighted by atomic mass is 79.9. The minimum absolute atomic E-state index is 0.823. The number of pyridine rings is 1. The highest BCUT2D eigenvalue weighted by molar-refractivity contribution is 9.10. The zero-order chi connectivity index (χ0) is 13.7. The summed E-state index contributed by atoms with van der Waals surface area (Å²) in [5, 5.41) is 3.18. The Hall–Kier alpha value is -1.39. The second-order valence-electron chi connectivity index (χ2n) is 4.46. The maximum absolute atomic E-state index is 4.49. The normalized spacial score (nSPS) is 10.5. The summed E-state index contributed by atoms with van der Waals surface area (Å²) < 4.78 is 1.13. The summed E-state index contributed by atoms with van der Waals surface area (Å²) in [6.07, 6.45) is 1.84. The van der Waals surface area contributed by atoms with E-state index < -0.39 is 0 Å². The van der Waals surface area contributed by atoms with Crippen LogP contribution in [0, 0.1) is 0 Å². The molecule has 1 N–H and O–H groups in total. The van der Waals surface area contributed by atoms with Crippen molar-refractivity contribution < 1.29 is 0 Å². The van der Waals surface area contributed by atoms with Gasteiger partial charge in [0.25, 0.3) is 0 Å². The number of benzene rings is 1. The Labute approximate surface area is 122 Å². The van der Waals surface area contributed by atoms with E-state index in [1.165, 1.54) is 11.1 Å². The van der Waals surface area contributed by atoms with Gasteiger partial charge in [-0.1, -0.05) is 40.2 Å². The fourth-order valence-electron chi connectivity index (χ4n) is 2.06. The highest BCUT2D eigenvalue weighted by Gasteiger charge is 2.09. The summed E-state index contributed by atoms with van der Waals surface area (Å²) in [6, 6.07) is 12.4. The van der Waals surface area contributed by atoms with Gasteiger partial charge in [-0.3, -0.25) is 0 Å². The summed E-state index contributed by atoms with van der Waals surface area (Å²) in [4.78, 5) is 6.67. The molecule has 1 aromatic heterocycles. The minimum atomic E-state index is 0.823. The average molecular weight is 320 g/mol. The molecule has 0 saturated carbocycles. The van der Waals surface area contributed by atoms with E-state index in [1.807, 2.05) is 25.4 Å². The lowest BCUT2D eigenvalue weighted by Gasteiger charge is -2.21. The van der Waals surface area contributed by atoms with Crippen LogP contribution in [0.2, 0.25) is 0 Å². The lowest BCUT2D eigenvalue weighted by Crippen LogP contribution is -2.21. The number of nitrogens with zero attached hydrogens (tertiary/aromatic N) is 2. The number of hydrogen-bond donors (Lipinski definition) is 1. The number of anilines is 1. The van der Waals surface area contributed by atoms with Gasteiger partial charge >= 0.3 is 0 Å². The van der Waals surface area contributed by atoms with Crippen LogP contribution in [-0.4, -0.2) is 19.1 Å². The van der Waals surface area contributed by atoms with Gasteiger partial charge in [-0.15, -0.1) is 0 Å². The molecule has 2 rings (SSSR count). The molecule has 0 atom stereocenters. The van der Waals surface area contributed by atoms with Crippen molar-refractivity contribution in [1.82, 2.24) is 10.3 Å². The number of aromatic nitrogens is 1. The largest absolute Gasteiger partial charge is 0.355 e. The van der Waals surface area contributed by atoms with Crippen LogP contribution in [0.5, 0.6) is 0 Å². The quantitative estimate of drug-likeness (QED) is 0.917. The predicted octanol–water partition coefficient (Wildman–Crippen LogP) is 3.20. The molecular weight excluding hydrogens is 302 g/mol. The van der Waals surface area contributed by atoms with Gasteiger partial charge in [0, 0.05) is 36.4 Å². The Morgan fingerprint density at radius 1 is 1.16 bits per heavy atom. The van der Waals surface area contributed by atoms with Crippen molar-refractivity contribution in [3.63, 3.8) is 0 Å². The van der Waals surface area contributed by atoms with Crippen molar-refractivity contribution in [3.05, 3.63) is 58.2 Å². The summed E-state index contributed by atoms with van der Waals surface area (Å²) in [5.41, 5.74) is 2.46. The van der Waals surface area contributed by atoms with E-state index >= 15 is 0 Å². The first kappa shape index (κ1) is 14.0. The van der Waals surface area contributed by atoms with E-state index in [2.05, 4.69) is 62.4 Å². The van der Waals surface area contributed by atoms with E-state index in [4.69, 9.17) is 0 Å². The van der Waals surface area contributed by atoms with Crippen LogP contribution in [0.15, 0.2) is 47.1 Å². The topological polar surface area (TPSA) is 28.2 Å². The number of rotatable bonds is 5. The van der Waals surface area contributed by atoms with Crippen molar-refractivity contribution in [3.8, 4) is 0 Å². The molecule has 19 heavy (non-hydrogen) atoms. The van der Waals surface area contributed by atoms with E-state index in [9.17, 15) is 0 Å². The van der Waals surface area contributed by atoms with Crippen molar-refractivity contribution in [1.29, 1.82) is 0 Å². The Morgan fingerprint density at radius 2 is 1.89 bits per heavy atom. The number of nitrogens with one attached hydrogen (secondary N) is 1. The standard InChI is InChI=1S/C15H18BrN3/c1-17-10-12-7-5-9-18-15(12)19(2)11-13-6-3-4-8-14(13)16/h3-9,17H,10-11H2,1-2H3. The highest BCUT2D eigenvalue weighted by Crippen LogP contribution is 2.22. The average Bonchev–Trinajstić information content (AvgIpc) is 2.42. The molecule has 100 valence electrons. The number of hydrogen-bond acceptors (Lipinski definition) is 3. The Morgan fingerprint density at radius 3 is 2.63 bits per heavy atom. The molecule has 1 aromatic carbocycles. The first-order valence-corrected chi connectivity index (χ1v) is 7.04. The van der Waals surface area contributed by atoms with Crippen LogP contribution >= 0.6 is 15.9 Å². The van der Waals surface area contributed by atoms with Gasteiger partial charge in [-0.05, 0) is 24.7 Å². The molecule has 0 amide bonds. The SMILES string of the molecule is CNCc1cccnc1N(C)Cc1ccccc1Br. The van der Waals surface area contributed by atoms with Crippen molar-refractivity contribution in [2.24, 2.45) is 0 Å². The zero-order valence-electron chi connectivity index (χ0n) is 11.2. The molecule has 0 saturated heterocycles. The Balaban J connectivity index is 2.20. The summed E-state index contributed by atoms with van der Waals surface area (Å²) in [7, 11) is 4.02.